The Labute approximate surface area is 179 Å². The Morgan fingerprint density at radius 1 is 1.13 bits per heavy atom. The number of carbonyl (C=O) groups is 2. The predicted octanol–water partition coefficient (Wildman–Crippen LogP) is 3.15. The Balaban J connectivity index is 1.66. The number of hydrogen-bond acceptors (Lipinski definition) is 3. The van der Waals surface area contributed by atoms with Crippen molar-refractivity contribution in [3.63, 3.8) is 0 Å². The van der Waals surface area contributed by atoms with Gasteiger partial charge in [0.15, 0.2) is 0 Å². The van der Waals surface area contributed by atoms with E-state index in [9.17, 15) is 9.59 Å². The summed E-state index contributed by atoms with van der Waals surface area (Å²) in [4.78, 5) is 33.5. The van der Waals surface area contributed by atoms with Crippen LogP contribution in [0.15, 0.2) is 48.5 Å². The maximum atomic E-state index is 13.4. The molecule has 2 unspecified atom stereocenters. The summed E-state index contributed by atoms with van der Waals surface area (Å²) >= 11 is 6.11. The van der Waals surface area contributed by atoms with Gasteiger partial charge in [-0.15, -0.1) is 0 Å². The first-order valence-electron chi connectivity index (χ1n) is 10.0. The number of amides is 2. The third-order valence-electron chi connectivity index (χ3n) is 6.09. The van der Waals surface area contributed by atoms with Crippen LogP contribution in [0.3, 0.4) is 0 Å². The van der Waals surface area contributed by atoms with Gasteiger partial charge in [0.05, 0.1) is 19.2 Å². The molecule has 0 bridgehead atoms. The first-order chi connectivity index (χ1) is 14.6. The van der Waals surface area contributed by atoms with Crippen LogP contribution in [0, 0.1) is 0 Å². The van der Waals surface area contributed by atoms with E-state index in [1.54, 1.807) is 16.9 Å². The molecule has 0 radical (unpaired) electrons. The molecule has 1 saturated heterocycles. The maximum Gasteiger partial charge on any atom is 0.246 e. The van der Waals surface area contributed by atoms with Crippen molar-refractivity contribution >= 4 is 34.3 Å². The number of hydrogen-bond donors (Lipinski definition) is 1. The minimum atomic E-state index is -0.532. The van der Waals surface area contributed by atoms with Gasteiger partial charge in [0.25, 0.3) is 0 Å². The van der Waals surface area contributed by atoms with Crippen LogP contribution >= 0.6 is 11.6 Å². The molecule has 2 amide bonds. The number of halogens is 1. The van der Waals surface area contributed by atoms with E-state index in [1.165, 1.54) is 0 Å². The van der Waals surface area contributed by atoms with Crippen LogP contribution in [-0.4, -0.2) is 59.4 Å². The molecule has 2 aromatic carbocycles. The van der Waals surface area contributed by atoms with Crippen LogP contribution in [-0.2, 0) is 20.7 Å². The molecule has 0 spiro atoms. The molecule has 154 valence electrons. The van der Waals surface area contributed by atoms with Crippen molar-refractivity contribution in [3.05, 3.63) is 70.4 Å². The fourth-order valence-corrected chi connectivity index (χ4v) is 4.83. The summed E-state index contributed by atoms with van der Waals surface area (Å²) < 4.78 is 5.13. The lowest BCUT2D eigenvalue weighted by Crippen LogP contribution is -2.63. The van der Waals surface area contributed by atoms with Crippen molar-refractivity contribution in [3.8, 4) is 0 Å². The highest BCUT2D eigenvalue weighted by Gasteiger charge is 2.48. The van der Waals surface area contributed by atoms with E-state index in [4.69, 9.17) is 16.3 Å². The fraction of sp³-hybridized carbons (Fsp3) is 0.304. The third-order valence-corrected chi connectivity index (χ3v) is 6.35. The number of nitrogens with one attached hydrogen (secondary N) is 1. The zero-order chi connectivity index (χ0) is 20.8. The van der Waals surface area contributed by atoms with Gasteiger partial charge in [-0.2, -0.15) is 0 Å². The van der Waals surface area contributed by atoms with E-state index in [-0.39, 0.29) is 24.4 Å². The van der Waals surface area contributed by atoms with E-state index < -0.39 is 6.04 Å². The highest BCUT2D eigenvalue weighted by molar-refractivity contribution is 6.30. The Bertz CT molecular complexity index is 1120. The van der Waals surface area contributed by atoms with E-state index >= 15 is 0 Å². The number of carbonyl (C=O) groups excluding carboxylic acids is 2. The Morgan fingerprint density at radius 3 is 2.67 bits per heavy atom. The fourth-order valence-electron chi connectivity index (χ4n) is 4.71. The number of methoxy groups -OCH3 is 1. The number of nitrogens with zero attached hydrogens (tertiary/aromatic N) is 2. The molecule has 5 rings (SSSR count). The summed E-state index contributed by atoms with van der Waals surface area (Å²) in [5.41, 5.74) is 4.02. The van der Waals surface area contributed by atoms with Gasteiger partial charge in [0.1, 0.15) is 6.04 Å². The van der Waals surface area contributed by atoms with Crippen molar-refractivity contribution < 1.29 is 14.3 Å². The number of piperazine rings is 1. The highest BCUT2D eigenvalue weighted by Crippen LogP contribution is 2.42. The maximum absolute atomic E-state index is 13.4. The summed E-state index contributed by atoms with van der Waals surface area (Å²) in [5, 5.41) is 1.73. The molecule has 2 aliphatic rings. The lowest BCUT2D eigenvalue weighted by atomic mass is 9.86. The Morgan fingerprint density at radius 2 is 1.90 bits per heavy atom. The van der Waals surface area contributed by atoms with Crippen LogP contribution in [0.2, 0.25) is 5.02 Å². The minimum Gasteiger partial charge on any atom is -0.383 e. The molecule has 3 aromatic rings. The zero-order valence-corrected chi connectivity index (χ0v) is 17.4. The molecule has 1 N–H and O–H groups in total. The number of aromatic nitrogens is 1. The number of ether oxygens (including phenoxy) is 1. The van der Waals surface area contributed by atoms with Gasteiger partial charge in [-0.25, -0.2) is 0 Å². The average molecular weight is 424 g/mol. The lowest BCUT2D eigenvalue weighted by molar-refractivity contribution is -0.159. The molecule has 3 heterocycles. The molecule has 1 aromatic heterocycles. The van der Waals surface area contributed by atoms with Crippen LogP contribution < -0.4 is 0 Å². The summed E-state index contributed by atoms with van der Waals surface area (Å²) in [6.07, 6.45) is 0.498. The molecular weight excluding hydrogens is 402 g/mol. The Kier molecular flexibility index (Phi) is 4.76. The summed E-state index contributed by atoms with van der Waals surface area (Å²) in [6.45, 7) is 0.890. The second-order valence-corrected chi connectivity index (χ2v) is 8.23. The third kappa shape index (κ3) is 2.99. The smallest absolute Gasteiger partial charge is 0.246 e. The van der Waals surface area contributed by atoms with Gasteiger partial charge >= 0.3 is 0 Å². The Hall–Kier alpha value is -2.83. The average Bonchev–Trinajstić information content (AvgIpc) is 3.13. The molecule has 0 aliphatic carbocycles. The molecule has 6 nitrogen and oxygen atoms in total. The SMILES string of the molecule is COCCN1CC(=O)N2C(Cc3c([nH]c4ccccc34)C2c2ccc(Cl)cc2)C1=O. The van der Waals surface area contributed by atoms with Crippen molar-refractivity contribution in [1.29, 1.82) is 0 Å². The number of aromatic amines is 1. The van der Waals surface area contributed by atoms with Gasteiger partial charge in [-0.05, 0) is 29.3 Å². The van der Waals surface area contributed by atoms with E-state index in [1.807, 2.05) is 42.5 Å². The van der Waals surface area contributed by atoms with Crippen LogP contribution in [0.4, 0.5) is 0 Å². The molecule has 30 heavy (non-hydrogen) atoms. The normalized spacial score (nSPS) is 21.1. The van der Waals surface area contributed by atoms with Crippen molar-refractivity contribution in [1.82, 2.24) is 14.8 Å². The van der Waals surface area contributed by atoms with Gasteiger partial charge in [0.2, 0.25) is 11.8 Å². The number of para-hydroxylation sites is 1. The van der Waals surface area contributed by atoms with Crippen LogP contribution in [0.5, 0.6) is 0 Å². The van der Waals surface area contributed by atoms with Crippen molar-refractivity contribution in [2.24, 2.45) is 0 Å². The number of H-pyrrole nitrogens is 1. The van der Waals surface area contributed by atoms with Crippen molar-refractivity contribution in [2.45, 2.75) is 18.5 Å². The second-order valence-electron chi connectivity index (χ2n) is 7.79. The zero-order valence-electron chi connectivity index (χ0n) is 16.6. The highest BCUT2D eigenvalue weighted by atomic mass is 35.5. The monoisotopic (exact) mass is 423 g/mol. The molecule has 2 atom stereocenters. The van der Waals surface area contributed by atoms with E-state index in [2.05, 4.69) is 11.1 Å². The first-order valence-corrected chi connectivity index (χ1v) is 10.4. The largest absolute Gasteiger partial charge is 0.383 e. The quantitative estimate of drug-likeness (QED) is 0.701. The predicted molar refractivity (Wildman–Crippen MR) is 114 cm³/mol. The molecular formula is C23H22ClN3O3. The molecule has 0 saturated carbocycles. The van der Waals surface area contributed by atoms with Gasteiger partial charge < -0.3 is 19.5 Å². The van der Waals surface area contributed by atoms with Gasteiger partial charge in [-0.3, -0.25) is 9.59 Å². The summed E-state index contributed by atoms with van der Waals surface area (Å²) in [6, 6.07) is 14.7. The molecule has 2 aliphatic heterocycles. The van der Waals surface area contributed by atoms with Crippen LogP contribution in [0.1, 0.15) is 22.9 Å². The molecule has 1 fully saturated rings. The van der Waals surface area contributed by atoms with Crippen LogP contribution in [0.25, 0.3) is 10.9 Å². The topological polar surface area (TPSA) is 65.6 Å². The number of rotatable bonds is 4. The summed E-state index contributed by atoms with van der Waals surface area (Å²) in [7, 11) is 1.60. The molecule has 7 heteroatoms. The van der Waals surface area contributed by atoms with Gasteiger partial charge in [0, 0.05) is 41.7 Å². The number of fused-ring (bicyclic) bond motifs is 4. The first kappa shape index (κ1) is 19.2. The standard InChI is InChI=1S/C23H22ClN3O3/c1-30-11-10-26-13-20(28)27-19(23(26)29)12-17-16-4-2-3-5-18(16)25-21(17)22(27)14-6-8-15(24)9-7-14/h2-9,19,22,25H,10-13H2,1H3. The summed E-state index contributed by atoms with van der Waals surface area (Å²) in [5.74, 6) is -0.0819. The van der Waals surface area contributed by atoms with Gasteiger partial charge in [-0.1, -0.05) is 41.9 Å². The van der Waals surface area contributed by atoms with E-state index in [0.717, 1.165) is 27.7 Å². The number of benzene rings is 2. The minimum absolute atomic E-state index is 0.0263. The van der Waals surface area contributed by atoms with E-state index in [0.29, 0.717) is 24.6 Å². The second kappa shape index (κ2) is 7.45. The van der Waals surface area contributed by atoms with Crippen molar-refractivity contribution in [2.75, 3.05) is 26.8 Å². The lowest BCUT2D eigenvalue weighted by Gasteiger charge is -2.47.